The van der Waals surface area contributed by atoms with Crippen LogP contribution >= 0.6 is 15.9 Å². The Morgan fingerprint density at radius 3 is 2.41 bits per heavy atom. The summed E-state index contributed by atoms with van der Waals surface area (Å²) < 4.78 is 0.770. The molecule has 0 bridgehead atoms. The van der Waals surface area contributed by atoms with Crippen molar-refractivity contribution < 1.29 is 14.7 Å². The minimum absolute atomic E-state index is 0.201. The molecule has 1 N–H and O–H groups in total. The van der Waals surface area contributed by atoms with Gasteiger partial charge in [0.05, 0.1) is 5.69 Å². The van der Waals surface area contributed by atoms with Crippen molar-refractivity contribution in [2.45, 2.75) is 12.8 Å². The first-order chi connectivity index (χ1) is 8.09. The number of ketones is 1. The van der Waals surface area contributed by atoms with Crippen molar-refractivity contribution >= 4 is 33.4 Å². The number of carbonyl (C=O) groups excluding carboxylic acids is 1. The molecule has 0 saturated carbocycles. The van der Waals surface area contributed by atoms with Crippen molar-refractivity contribution in [1.29, 1.82) is 0 Å². The number of hydrogen-bond acceptors (Lipinski definition) is 3. The highest BCUT2D eigenvalue weighted by Crippen LogP contribution is 2.30. The molecule has 0 spiro atoms. The number of carboxylic acid groups (broad SMARTS) is 1. The van der Waals surface area contributed by atoms with Gasteiger partial charge in [-0.15, -0.1) is 0 Å². The largest absolute Gasteiger partial charge is 0.475 e. The number of carbonyl (C=O) groups is 2. The Balaban J connectivity index is 2.28. The Labute approximate surface area is 107 Å². The third kappa shape index (κ3) is 2.49. The van der Waals surface area contributed by atoms with Gasteiger partial charge in [0.2, 0.25) is 0 Å². The second-order valence-electron chi connectivity index (χ2n) is 3.99. The Bertz CT molecular complexity index is 467. The summed E-state index contributed by atoms with van der Waals surface area (Å²) in [6.45, 7) is 2.01. The van der Waals surface area contributed by atoms with Crippen LogP contribution in [0.1, 0.15) is 23.2 Å². The first kappa shape index (κ1) is 12.1. The van der Waals surface area contributed by atoms with Gasteiger partial charge >= 0.3 is 5.97 Å². The van der Waals surface area contributed by atoms with Gasteiger partial charge in [-0.2, -0.15) is 0 Å². The highest BCUT2D eigenvalue weighted by Gasteiger charge is 2.19. The molecule has 5 heteroatoms. The van der Waals surface area contributed by atoms with E-state index in [4.69, 9.17) is 5.11 Å². The van der Waals surface area contributed by atoms with Gasteiger partial charge in [0.15, 0.2) is 0 Å². The van der Waals surface area contributed by atoms with Crippen LogP contribution < -0.4 is 4.90 Å². The van der Waals surface area contributed by atoms with E-state index in [0.717, 1.165) is 23.2 Å². The van der Waals surface area contributed by atoms with Crippen LogP contribution in [0.2, 0.25) is 0 Å². The normalized spacial score (nSPS) is 15.0. The molecule has 1 fully saturated rings. The molecule has 1 aliphatic rings. The fourth-order valence-corrected chi connectivity index (χ4v) is 2.62. The van der Waals surface area contributed by atoms with E-state index in [1.807, 2.05) is 0 Å². The first-order valence-corrected chi connectivity index (χ1v) is 6.21. The Morgan fingerprint density at radius 2 is 1.88 bits per heavy atom. The van der Waals surface area contributed by atoms with Crippen LogP contribution in [-0.4, -0.2) is 29.9 Å². The maximum absolute atomic E-state index is 11.3. The molecule has 1 aliphatic heterocycles. The number of hydrogen-bond donors (Lipinski definition) is 1. The SMILES string of the molecule is O=C(O)C(=O)c1ccc(N2CCCC2)c(Br)c1. The molecule has 4 nitrogen and oxygen atoms in total. The number of nitrogens with zero attached hydrogens (tertiary/aromatic N) is 1. The molecule has 1 aromatic rings. The predicted molar refractivity (Wildman–Crippen MR) is 67.6 cm³/mol. The zero-order valence-corrected chi connectivity index (χ0v) is 10.7. The van der Waals surface area contributed by atoms with Crippen molar-refractivity contribution in [2.75, 3.05) is 18.0 Å². The molecule has 2 rings (SSSR count). The highest BCUT2D eigenvalue weighted by molar-refractivity contribution is 9.10. The molecule has 17 heavy (non-hydrogen) atoms. The van der Waals surface area contributed by atoms with Crippen molar-refractivity contribution in [3.8, 4) is 0 Å². The van der Waals surface area contributed by atoms with Gasteiger partial charge in [0.25, 0.3) is 5.78 Å². The van der Waals surface area contributed by atoms with E-state index in [1.165, 1.54) is 12.8 Å². The van der Waals surface area contributed by atoms with E-state index in [-0.39, 0.29) is 5.56 Å². The van der Waals surface area contributed by atoms with Crippen molar-refractivity contribution in [3.63, 3.8) is 0 Å². The molecular weight excluding hydrogens is 286 g/mol. The number of carboxylic acids is 1. The molecule has 0 unspecified atom stereocenters. The molecular formula is C12H12BrNO3. The van der Waals surface area contributed by atoms with E-state index < -0.39 is 11.8 Å². The average Bonchev–Trinajstić information content (AvgIpc) is 2.81. The maximum Gasteiger partial charge on any atom is 0.377 e. The number of Topliss-reactive ketones (excluding diaryl/α,β-unsaturated/α-hetero) is 1. The summed E-state index contributed by atoms with van der Waals surface area (Å²) in [6.07, 6.45) is 2.34. The van der Waals surface area contributed by atoms with Crippen molar-refractivity contribution in [2.24, 2.45) is 0 Å². The van der Waals surface area contributed by atoms with Crippen LogP contribution in [0.25, 0.3) is 0 Å². The third-order valence-corrected chi connectivity index (χ3v) is 3.49. The van der Waals surface area contributed by atoms with Gasteiger partial charge in [-0.3, -0.25) is 4.79 Å². The number of aliphatic carboxylic acids is 1. The summed E-state index contributed by atoms with van der Waals surface area (Å²) in [5.74, 6) is -2.30. The quantitative estimate of drug-likeness (QED) is 0.687. The van der Waals surface area contributed by atoms with Gasteiger partial charge in [-0.1, -0.05) is 0 Å². The summed E-state index contributed by atoms with van der Waals surface area (Å²) in [5.41, 5.74) is 1.22. The average molecular weight is 298 g/mol. The van der Waals surface area contributed by atoms with Gasteiger partial charge in [-0.25, -0.2) is 4.79 Å². The Hall–Kier alpha value is -1.36. The van der Waals surface area contributed by atoms with E-state index in [1.54, 1.807) is 18.2 Å². The zero-order chi connectivity index (χ0) is 12.4. The summed E-state index contributed by atoms with van der Waals surface area (Å²) in [7, 11) is 0. The molecule has 0 aliphatic carbocycles. The van der Waals surface area contributed by atoms with Crippen molar-refractivity contribution in [3.05, 3.63) is 28.2 Å². The number of anilines is 1. The number of halogens is 1. The van der Waals surface area contributed by atoms with Crippen molar-refractivity contribution in [1.82, 2.24) is 0 Å². The fraction of sp³-hybridized carbons (Fsp3) is 0.333. The lowest BCUT2D eigenvalue weighted by Crippen LogP contribution is -2.19. The minimum Gasteiger partial charge on any atom is -0.475 e. The first-order valence-electron chi connectivity index (χ1n) is 5.41. The van der Waals surface area contributed by atoms with E-state index in [9.17, 15) is 9.59 Å². The molecule has 90 valence electrons. The second-order valence-corrected chi connectivity index (χ2v) is 4.85. The number of benzene rings is 1. The van der Waals surface area contributed by atoms with Crippen LogP contribution in [0, 0.1) is 0 Å². The topological polar surface area (TPSA) is 57.6 Å². The fourth-order valence-electron chi connectivity index (χ4n) is 1.99. The van der Waals surface area contributed by atoms with Crippen LogP contribution in [0.4, 0.5) is 5.69 Å². The highest BCUT2D eigenvalue weighted by atomic mass is 79.9. The molecule has 1 saturated heterocycles. The molecule has 0 aromatic heterocycles. The third-order valence-electron chi connectivity index (χ3n) is 2.85. The molecule has 1 heterocycles. The van der Waals surface area contributed by atoms with Gasteiger partial charge in [0.1, 0.15) is 0 Å². The Kier molecular flexibility index (Phi) is 3.47. The Morgan fingerprint density at radius 1 is 1.24 bits per heavy atom. The smallest absolute Gasteiger partial charge is 0.377 e. The summed E-state index contributed by atoms with van der Waals surface area (Å²) in [6, 6.07) is 4.94. The lowest BCUT2D eigenvalue weighted by molar-refractivity contribution is -0.131. The lowest BCUT2D eigenvalue weighted by atomic mass is 10.1. The summed E-state index contributed by atoms with van der Waals surface area (Å²) in [4.78, 5) is 24.1. The van der Waals surface area contributed by atoms with Crippen LogP contribution in [0.5, 0.6) is 0 Å². The molecule has 0 atom stereocenters. The minimum atomic E-state index is -1.43. The molecule has 0 amide bonds. The predicted octanol–water partition coefficient (Wildman–Crippen LogP) is 2.32. The standard InChI is InChI=1S/C12H12BrNO3/c13-9-7-8(11(15)12(16)17)3-4-10(9)14-5-1-2-6-14/h3-4,7H,1-2,5-6H2,(H,16,17). The van der Waals surface area contributed by atoms with Gasteiger partial charge in [0, 0.05) is 23.1 Å². The van der Waals surface area contributed by atoms with Crippen LogP contribution in [0.15, 0.2) is 22.7 Å². The number of rotatable bonds is 3. The van der Waals surface area contributed by atoms with Crippen LogP contribution in [-0.2, 0) is 4.79 Å². The summed E-state index contributed by atoms with van der Waals surface area (Å²) >= 11 is 3.39. The van der Waals surface area contributed by atoms with E-state index in [0.29, 0.717) is 0 Å². The van der Waals surface area contributed by atoms with E-state index >= 15 is 0 Å². The van der Waals surface area contributed by atoms with Gasteiger partial charge in [-0.05, 0) is 47.0 Å². The van der Waals surface area contributed by atoms with E-state index in [2.05, 4.69) is 20.8 Å². The second kappa shape index (κ2) is 4.87. The maximum atomic E-state index is 11.3. The monoisotopic (exact) mass is 297 g/mol. The van der Waals surface area contributed by atoms with Crippen LogP contribution in [0.3, 0.4) is 0 Å². The van der Waals surface area contributed by atoms with Gasteiger partial charge < -0.3 is 10.0 Å². The zero-order valence-electron chi connectivity index (χ0n) is 9.15. The molecule has 0 radical (unpaired) electrons. The molecule has 1 aromatic carbocycles. The summed E-state index contributed by atoms with van der Waals surface area (Å²) in [5, 5.41) is 8.63. The lowest BCUT2D eigenvalue weighted by Gasteiger charge is -2.19.